The number of ketones is 1. The molecule has 0 aliphatic heterocycles. The zero-order valence-corrected chi connectivity index (χ0v) is 18.0. The topological polar surface area (TPSA) is 52.0 Å². The molecule has 0 aliphatic rings. The molecule has 2 aromatic heterocycles. The van der Waals surface area contributed by atoms with Crippen molar-refractivity contribution in [2.24, 2.45) is 5.41 Å². The van der Waals surface area contributed by atoms with E-state index in [9.17, 15) is 9.59 Å². The first-order valence-electron chi connectivity index (χ1n) is 8.89. The Morgan fingerprint density at radius 2 is 1.85 bits per heavy atom. The minimum atomic E-state index is -0.405. The number of hydrogen-bond donors (Lipinski definition) is 0. The molecular weight excluding hydrogens is 376 g/mol. The number of carbonyl (C=O) groups excluding carboxylic acids is 1. The Bertz CT molecular complexity index is 1040. The number of nitrogens with zero attached hydrogens (tertiary/aromatic N) is 2. The lowest BCUT2D eigenvalue weighted by Crippen LogP contribution is -2.26. The molecular formula is C21H24N2O2S2. The molecule has 0 fully saturated rings. The van der Waals surface area contributed by atoms with Gasteiger partial charge in [0.1, 0.15) is 10.6 Å². The van der Waals surface area contributed by atoms with E-state index in [2.05, 4.69) is 0 Å². The van der Waals surface area contributed by atoms with Gasteiger partial charge in [0.15, 0.2) is 5.16 Å². The molecule has 0 unspecified atom stereocenters. The first-order valence-corrected chi connectivity index (χ1v) is 10.7. The van der Waals surface area contributed by atoms with Gasteiger partial charge in [-0.1, -0.05) is 62.9 Å². The van der Waals surface area contributed by atoms with Crippen LogP contribution in [0.5, 0.6) is 0 Å². The smallest absolute Gasteiger partial charge is 0.263 e. The standard InChI is InChI=1S/C21H24N2O2S2/c1-13-14(2)27-18-17(13)19(25)23(11-15-9-7-6-8-10-15)20(22-18)26-12-16(24)21(3,4)5/h6-10H,11-12H2,1-5H3. The van der Waals surface area contributed by atoms with Crippen LogP contribution in [0.3, 0.4) is 0 Å². The molecule has 27 heavy (non-hydrogen) atoms. The second kappa shape index (κ2) is 7.60. The van der Waals surface area contributed by atoms with Crippen molar-refractivity contribution in [2.45, 2.75) is 46.3 Å². The van der Waals surface area contributed by atoms with Crippen LogP contribution >= 0.6 is 23.1 Å². The Balaban J connectivity index is 2.08. The van der Waals surface area contributed by atoms with Crippen molar-refractivity contribution < 1.29 is 4.79 Å². The maximum absolute atomic E-state index is 13.3. The minimum Gasteiger partial charge on any atom is -0.298 e. The normalized spacial score (nSPS) is 11.9. The highest BCUT2D eigenvalue weighted by Gasteiger charge is 2.23. The molecule has 0 saturated carbocycles. The summed E-state index contributed by atoms with van der Waals surface area (Å²) in [7, 11) is 0. The van der Waals surface area contributed by atoms with E-state index in [1.807, 2.05) is 65.0 Å². The molecule has 4 nitrogen and oxygen atoms in total. The van der Waals surface area contributed by atoms with Gasteiger partial charge in [-0.05, 0) is 25.0 Å². The van der Waals surface area contributed by atoms with Crippen LogP contribution in [0.15, 0.2) is 40.3 Å². The maximum atomic E-state index is 13.3. The Morgan fingerprint density at radius 3 is 2.48 bits per heavy atom. The van der Waals surface area contributed by atoms with Crippen molar-refractivity contribution in [3.05, 3.63) is 56.7 Å². The second-order valence-electron chi connectivity index (χ2n) is 7.70. The van der Waals surface area contributed by atoms with Crippen LogP contribution in [0.4, 0.5) is 0 Å². The van der Waals surface area contributed by atoms with Gasteiger partial charge in [-0.15, -0.1) is 11.3 Å². The van der Waals surface area contributed by atoms with Crippen molar-refractivity contribution >= 4 is 39.1 Å². The monoisotopic (exact) mass is 400 g/mol. The highest BCUT2D eigenvalue weighted by Crippen LogP contribution is 2.29. The zero-order valence-electron chi connectivity index (χ0n) is 16.3. The van der Waals surface area contributed by atoms with Gasteiger partial charge in [-0.3, -0.25) is 14.2 Å². The molecule has 6 heteroatoms. The van der Waals surface area contributed by atoms with Crippen LogP contribution in [-0.2, 0) is 11.3 Å². The summed E-state index contributed by atoms with van der Waals surface area (Å²) in [4.78, 5) is 32.3. The number of thiophene rings is 1. The first kappa shape index (κ1) is 19.8. The molecule has 0 aliphatic carbocycles. The molecule has 0 N–H and O–H groups in total. The molecule has 3 rings (SSSR count). The lowest BCUT2D eigenvalue weighted by Gasteiger charge is -2.17. The summed E-state index contributed by atoms with van der Waals surface area (Å²) in [5.74, 6) is 0.450. The van der Waals surface area contributed by atoms with E-state index in [4.69, 9.17) is 4.98 Å². The molecule has 0 atom stereocenters. The fourth-order valence-corrected chi connectivity index (χ4v) is 4.90. The third-order valence-electron chi connectivity index (χ3n) is 4.61. The summed E-state index contributed by atoms with van der Waals surface area (Å²) in [6.07, 6.45) is 0. The molecule has 0 bridgehead atoms. The van der Waals surface area contributed by atoms with Crippen molar-refractivity contribution in [3.63, 3.8) is 0 Å². The molecule has 2 heterocycles. The quantitative estimate of drug-likeness (QED) is 0.455. The summed E-state index contributed by atoms with van der Waals surface area (Å²) < 4.78 is 1.71. The van der Waals surface area contributed by atoms with E-state index < -0.39 is 5.41 Å². The SMILES string of the molecule is Cc1sc2nc(SCC(=O)C(C)(C)C)n(Cc3ccccc3)c(=O)c2c1C. The van der Waals surface area contributed by atoms with Crippen molar-refractivity contribution in [2.75, 3.05) is 5.75 Å². The van der Waals surface area contributed by atoms with Crippen LogP contribution < -0.4 is 5.56 Å². The number of carbonyl (C=O) groups is 1. The fourth-order valence-electron chi connectivity index (χ4n) is 2.67. The van der Waals surface area contributed by atoms with Gasteiger partial charge in [0.2, 0.25) is 0 Å². The van der Waals surface area contributed by atoms with E-state index in [1.54, 1.807) is 4.57 Å². The van der Waals surface area contributed by atoms with E-state index in [0.29, 0.717) is 22.8 Å². The second-order valence-corrected chi connectivity index (χ2v) is 9.84. The highest BCUT2D eigenvalue weighted by atomic mass is 32.2. The van der Waals surface area contributed by atoms with Gasteiger partial charge < -0.3 is 0 Å². The molecule has 0 saturated heterocycles. The summed E-state index contributed by atoms with van der Waals surface area (Å²) >= 11 is 2.89. The van der Waals surface area contributed by atoms with Gasteiger partial charge >= 0.3 is 0 Å². The van der Waals surface area contributed by atoms with E-state index in [-0.39, 0.29) is 11.3 Å². The number of hydrogen-bond acceptors (Lipinski definition) is 5. The zero-order chi connectivity index (χ0) is 19.8. The summed E-state index contributed by atoms with van der Waals surface area (Å²) in [6.45, 7) is 10.2. The van der Waals surface area contributed by atoms with Crippen molar-refractivity contribution in [3.8, 4) is 0 Å². The Labute approximate surface area is 167 Å². The molecule has 1 aromatic carbocycles. The number of benzene rings is 1. The fraction of sp³-hybridized carbons (Fsp3) is 0.381. The summed E-state index contributed by atoms with van der Waals surface area (Å²) in [5.41, 5.74) is 1.60. The third-order valence-corrected chi connectivity index (χ3v) is 6.68. The molecule has 142 valence electrons. The largest absolute Gasteiger partial charge is 0.298 e. The summed E-state index contributed by atoms with van der Waals surface area (Å²) in [6, 6.07) is 9.87. The molecule has 0 radical (unpaired) electrons. The maximum Gasteiger partial charge on any atom is 0.263 e. The number of thioether (sulfide) groups is 1. The van der Waals surface area contributed by atoms with E-state index in [0.717, 1.165) is 20.8 Å². The number of rotatable bonds is 5. The van der Waals surface area contributed by atoms with Crippen molar-refractivity contribution in [1.82, 2.24) is 9.55 Å². The average Bonchev–Trinajstić information content (AvgIpc) is 2.90. The predicted molar refractivity (Wildman–Crippen MR) is 114 cm³/mol. The Morgan fingerprint density at radius 1 is 1.19 bits per heavy atom. The lowest BCUT2D eigenvalue weighted by atomic mass is 9.92. The molecule has 0 amide bonds. The number of fused-ring (bicyclic) bond motifs is 1. The van der Waals surface area contributed by atoms with Gasteiger partial charge in [-0.25, -0.2) is 4.98 Å². The van der Waals surface area contributed by atoms with Crippen LogP contribution in [0.1, 0.15) is 36.8 Å². The van der Waals surface area contributed by atoms with Crippen LogP contribution in [0, 0.1) is 19.3 Å². The van der Waals surface area contributed by atoms with Gasteiger partial charge in [0.25, 0.3) is 5.56 Å². The first-order chi connectivity index (χ1) is 12.7. The van der Waals surface area contributed by atoms with E-state index >= 15 is 0 Å². The van der Waals surface area contributed by atoms with Gasteiger partial charge in [-0.2, -0.15) is 0 Å². The predicted octanol–water partition coefficient (Wildman–Crippen LogP) is 4.83. The number of aryl methyl sites for hydroxylation is 2. The average molecular weight is 401 g/mol. The highest BCUT2D eigenvalue weighted by molar-refractivity contribution is 7.99. The van der Waals surface area contributed by atoms with E-state index in [1.165, 1.54) is 23.1 Å². The minimum absolute atomic E-state index is 0.0311. The van der Waals surface area contributed by atoms with Crippen LogP contribution in [-0.4, -0.2) is 21.1 Å². The van der Waals surface area contributed by atoms with Crippen LogP contribution in [0.25, 0.3) is 10.2 Å². The van der Waals surface area contributed by atoms with Gasteiger partial charge in [0.05, 0.1) is 17.7 Å². The molecule has 3 aromatic rings. The van der Waals surface area contributed by atoms with Gasteiger partial charge in [0, 0.05) is 10.3 Å². The van der Waals surface area contributed by atoms with Crippen LogP contribution in [0.2, 0.25) is 0 Å². The Hall–Kier alpha value is -1.92. The lowest BCUT2D eigenvalue weighted by molar-refractivity contribution is -0.123. The third kappa shape index (κ3) is 4.17. The summed E-state index contributed by atoms with van der Waals surface area (Å²) in [5, 5.41) is 1.30. The number of aromatic nitrogens is 2. The molecule has 0 spiro atoms. The Kier molecular flexibility index (Phi) is 5.58. The van der Waals surface area contributed by atoms with Crippen molar-refractivity contribution in [1.29, 1.82) is 0 Å². The number of Topliss-reactive ketones (excluding diaryl/α,β-unsaturated/α-hetero) is 1.